The number of hydrogen-bond acceptors (Lipinski definition) is 24. The van der Waals surface area contributed by atoms with Gasteiger partial charge in [0.1, 0.15) is 77.2 Å². The third kappa shape index (κ3) is 28.9. The van der Waals surface area contributed by atoms with E-state index in [0.717, 1.165) is 61.2 Å². The summed E-state index contributed by atoms with van der Waals surface area (Å²) >= 11 is 0. The minimum absolute atomic E-state index is 0.0373. The predicted octanol–water partition coefficient (Wildman–Crippen LogP) is 13.8. The number of aromatic nitrogens is 8. The quantitative estimate of drug-likeness (QED) is 0.0175. The van der Waals surface area contributed by atoms with E-state index < -0.39 is 47.6 Å². The lowest BCUT2D eigenvalue weighted by molar-refractivity contribution is -0.139. The van der Waals surface area contributed by atoms with Crippen LogP contribution in [0.5, 0.6) is 0 Å². The number of rotatable bonds is 37. The van der Waals surface area contributed by atoms with Gasteiger partial charge in [-0.15, -0.1) is 0 Å². The standard InChI is InChI=1S/C27H28N4O5.C26H25FN4O4.C26H27FN4O4.C25H25FN4O4/c1-16-3-4-18(9-17(16)2)11-29-26(34)25-21(12-28-15-30-25)13-31(14-24(32)33)23-8-6-19-10-20(27(35)36)5-7-22(19)23;1-15-9-17(3-7-21(15)27)11-29-25(33)24-23(12-28-14-30-24)31(13-16(2)32)22-8-5-18-10-19(26(34)35)4-6-20(18)22;1-16-10-19(4-9-23(16)27)11-29-25(33)24-22(12-28-15-30-24)14-31(13-17(2)32)18(3)20-5-7-21(8-6-20)26(34)35;1-16-9-19(5-8-22(16)26)10-28-24(32)23-21(11-27-15-29-23)14-30(12-17(2)31)13-18-3-6-20(7-4-18)25(33)34/h3-5,7,9-10,12,15,23H,6,8,11,13-14H2,1-2H3,(H,29,34)(H,32,33)(H,35,36);3-4,6-7,9-10,12,14,22H,5,8,11,13H2,1-2H3,(H,29,33)(H,34,35);4-10,12,15,18H,11,13-14H2,1-3H3,(H,29,33)(H,34,35);3-9,11,15H,10,12-14H2,1-2H3,(H,28,32)(H,33,34)/t;;18-;/m..0./s1. The van der Waals surface area contributed by atoms with E-state index in [1.54, 1.807) is 117 Å². The van der Waals surface area contributed by atoms with Crippen molar-refractivity contribution in [2.75, 3.05) is 31.1 Å². The predicted molar refractivity (Wildman–Crippen MR) is 508 cm³/mol. The van der Waals surface area contributed by atoms with Crippen LogP contribution in [-0.4, -0.2) is 177 Å². The number of nitrogens with zero attached hydrogens (tertiary/aromatic N) is 12. The lowest BCUT2D eigenvalue weighted by atomic mass is 10.0. The first-order valence-corrected chi connectivity index (χ1v) is 44.5. The van der Waals surface area contributed by atoms with Crippen LogP contribution in [-0.2, 0) is 84.4 Å². The second kappa shape index (κ2) is 49.0. The van der Waals surface area contributed by atoms with E-state index >= 15 is 0 Å². The molecule has 9 N–H and O–H groups in total. The fraction of sp³-hybridized carbons (Fsp3) is 0.269. The minimum atomic E-state index is -1.02. The average molecular weight is 1910 g/mol. The number of carboxylic acid groups (broad SMARTS) is 5. The van der Waals surface area contributed by atoms with E-state index in [1.165, 1.54) is 125 Å². The molecule has 140 heavy (non-hydrogen) atoms. The van der Waals surface area contributed by atoms with Crippen LogP contribution in [0, 0.1) is 52.1 Å². The maximum absolute atomic E-state index is 13.6. The zero-order valence-electron chi connectivity index (χ0n) is 78.3. The Morgan fingerprint density at radius 2 is 0.736 bits per heavy atom. The molecule has 4 aromatic heterocycles. The van der Waals surface area contributed by atoms with Gasteiger partial charge in [0.2, 0.25) is 0 Å². The minimum Gasteiger partial charge on any atom is -0.480 e. The molecule has 4 heterocycles. The highest BCUT2D eigenvalue weighted by Crippen LogP contribution is 2.41. The highest BCUT2D eigenvalue weighted by molar-refractivity contribution is 5.99. The van der Waals surface area contributed by atoms with Gasteiger partial charge in [0, 0.05) is 99.7 Å². The highest BCUT2D eigenvalue weighted by atomic mass is 19.1. The fourth-order valence-electron chi connectivity index (χ4n) is 16.3. The summed E-state index contributed by atoms with van der Waals surface area (Å²) < 4.78 is 40.5. The molecule has 12 aromatic rings. The largest absolute Gasteiger partial charge is 0.480 e. The van der Waals surface area contributed by atoms with Gasteiger partial charge in [0.15, 0.2) is 5.69 Å². The fourth-order valence-corrected chi connectivity index (χ4v) is 16.3. The number of nitrogens with one attached hydrogen (secondary N) is 4. The molecule has 4 amide bonds. The molecule has 0 saturated carbocycles. The molecule has 0 fully saturated rings. The van der Waals surface area contributed by atoms with Crippen molar-refractivity contribution < 1.29 is 96.2 Å². The van der Waals surface area contributed by atoms with Crippen LogP contribution in [0.1, 0.15) is 242 Å². The van der Waals surface area contributed by atoms with E-state index in [0.29, 0.717) is 77.8 Å². The number of fused-ring (bicyclic) bond motifs is 2. The Balaban J connectivity index is 0.000000179. The van der Waals surface area contributed by atoms with E-state index in [9.17, 15) is 86.0 Å². The first kappa shape index (κ1) is 104. The summed E-state index contributed by atoms with van der Waals surface area (Å²) in [5.41, 5.74) is 15.7. The number of carbonyl (C=O) groups is 12. The zero-order chi connectivity index (χ0) is 101. The molecule has 0 saturated heterocycles. The number of carbonyl (C=O) groups excluding carboxylic acids is 7. The van der Waals surface area contributed by atoms with Crippen LogP contribution in [0.25, 0.3) is 0 Å². The molecule has 36 heteroatoms. The van der Waals surface area contributed by atoms with Crippen molar-refractivity contribution in [2.45, 2.75) is 158 Å². The first-order chi connectivity index (χ1) is 66.8. The average Bonchev–Trinajstić information content (AvgIpc) is 1.63. The van der Waals surface area contributed by atoms with Gasteiger partial charge < -0.3 is 51.7 Å². The summed E-state index contributed by atoms with van der Waals surface area (Å²) in [4.78, 5) is 185. The highest BCUT2D eigenvalue weighted by Gasteiger charge is 2.35. The maximum atomic E-state index is 13.6. The second-order valence-electron chi connectivity index (χ2n) is 34.1. The third-order valence-corrected chi connectivity index (χ3v) is 23.5. The second-order valence-corrected chi connectivity index (χ2v) is 34.1. The molecular weight excluding hydrogens is 1800 g/mol. The molecule has 14 rings (SSSR count). The summed E-state index contributed by atoms with van der Waals surface area (Å²) in [7, 11) is 0. The van der Waals surface area contributed by atoms with Gasteiger partial charge in [-0.1, -0.05) is 91.0 Å². The number of ketones is 3. The van der Waals surface area contributed by atoms with Gasteiger partial charge in [-0.25, -0.2) is 72.2 Å². The Kier molecular flexibility index (Phi) is 36.5. The van der Waals surface area contributed by atoms with Gasteiger partial charge in [-0.05, 0) is 238 Å². The summed E-state index contributed by atoms with van der Waals surface area (Å²) in [5, 5.41) is 57.7. The molecule has 2 unspecified atom stereocenters. The van der Waals surface area contributed by atoms with Gasteiger partial charge in [0.25, 0.3) is 23.6 Å². The number of anilines is 1. The number of hydrogen-bond donors (Lipinski definition) is 9. The topological polar surface area (TPSA) is 470 Å². The Bertz CT molecular complexity index is 6630. The number of benzene rings is 8. The van der Waals surface area contributed by atoms with Crippen molar-refractivity contribution in [1.82, 2.24) is 75.8 Å². The number of aryl methyl sites for hydroxylation is 7. The zero-order valence-corrected chi connectivity index (χ0v) is 78.3. The maximum Gasteiger partial charge on any atom is 0.335 e. The van der Waals surface area contributed by atoms with E-state index in [-0.39, 0.29) is 169 Å². The molecule has 8 aromatic carbocycles. The van der Waals surface area contributed by atoms with Crippen LogP contribution in [0.4, 0.5) is 18.9 Å². The van der Waals surface area contributed by atoms with Crippen molar-refractivity contribution >= 4 is 76.5 Å². The molecule has 33 nitrogen and oxygen atoms in total. The van der Waals surface area contributed by atoms with Crippen LogP contribution < -0.4 is 26.2 Å². The van der Waals surface area contributed by atoms with E-state index in [1.807, 2.05) is 53.7 Å². The Morgan fingerprint density at radius 3 is 1.15 bits per heavy atom. The Hall–Kier alpha value is -16.2. The van der Waals surface area contributed by atoms with Gasteiger partial charge in [0.05, 0.1) is 66.4 Å². The lowest BCUT2D eigenvalue weighted by Crippen LogP contribution is -2.35. The van der Waals surface area contributed by atoms with Crippen LogP contribution >= 0.6 is 0 Å². The van der Waals surface area contributed by atoms with Crippen molar-refractivity contribution in [2.24, 2.45) is 0 Å². The van der Waals surface area contributed by atoms with Crippen molar-refractivity contribution in [3.63, 3.8) is 0 Å². The Labute approximate surface area is 804 Å². The molecule has 0 bridgehead atoms. The Morgan fingerprint density at radius 1 is 0.371 bits per heavy atom. The van der Waals surface area contributed by atoms with Crippen molar-refractivity contribution in [1.29, 1.82) is 0 Å². The lowest BCUT2D eigenvalue weighted by Gasteiger charge is -2.31. The van der Waals surface area contributed by atoms with E-state index in [2.05, 4.69) is 61.1 Å². The molecule has 0 spiro atoms. The summed E-state index contributed by atoms with van der Waals surface area (Å²) in [6.45, 7) is 17.3. The normalized spacial score (nSPS) is 12.9. The van der Waals surface area contributed by atoms with Gasteiger partial charge in [-0.2, -0.15) is 0 Å². The molecule has 2 aliphatic carbocycles. The van der Waals surface area contributed by atoms with E-state index in [4.69, 9.17) is 10.2 Å². The number of Topliss-reactive ketones (excluding diaryl/α,β-unsaturated/α-hetero) is 3. The van der Waals surface area contributed by atoms with Gasteiger partial charge in [-0.3, -0.25) is 53.1 Å². The number of carboxylic acids is 5. The smallest absolute Gasteiger partial charge is 0.335 e. The van der Waals surface area contributed by atoms with Crippen LogP contribution in [0.15, 0.2) is 208 Å². The number of aliphatic carboxylic acids is 1. The molecule has 0 radical (unpaired) electrons. The molecular formula is C104H105F3N16O17. The van der Waals surface area contributed by atoms with Crippen molar-refractivity contribution in [3.05, 3.63) is 370 Å². The molecule has 2 aliphatic rings. The molecule has 0 aliphatic heterocycles. The summed E-state index contributed by atoms with van der Waals surface area (Å²) in [5.74, 6) is -7.80. The van der Waals surface area contributed by atoms with Crippen molar-refractivity contribution in [3.8, 4) is 0 Å². The molecule has 724 valence electrons. The van der Waals surface area contributed by atoms with Gasteiger partial charge >= 0.3 is 29.8 Å². The summed E-state index contributed by atoms with van der Waals surface area (Å²) in [6.07, 6.45) is 13.8. The first-order valence-electron chi connectivity index (χ1n) is 44.5. The third-order valence-electron chi connectivity index (χ3n) is 23.5. The monoisotopic (exact) mass is 1910 g/mol. The number of amides is 4. The molecule has 3 atom stereocenters. The number of aromatic carboxylic acids is 4. The van der Waals surface area contributed by atoms with Crippen LogP contribution in [0.3, 0.4) is 0 Å². The summed E-state index contributed by atoms with van der Waals surface area (Å²) in [6, 6.07) is 41.9. The SMILES string of the molecule is CC(=O)CN(Cc1ccc(C(=O)O)cc1)Cc1cncnc1C(=O)NCc1ccc(F)c(C)c1.CC(=O)CN(Cc1cncnc1C(=O)NCc1ccc(F)c(C)c1)[C@@H](C)c1ccc(C(=O)O)cc1.CC(=O)CN(c1cncnc1C(=O)NCc1ccc(F)c(C)c1)C1CCc2cc(C(=O)O)ccc21.Cc1ccc(CNC(=O)c2ncncc2CN(CC(=O)O)C2CCc3cc(C(=O)O)ccc32)cc1C. The van der Waals surface area contributed by atoms with Crippen LogP contribution in [0.2, 0.25) is 0 Å². The number of halogens is 3.